The van der Waals surface area contributed by atoms with E-state index in [1.807, 2.05) is 19.1 Å². The monoisotopic (exact) mass is 316 g/mol. The molecule has 90 valence electrons. The maximum Gasteiger partial charge on any atom is 0.133 e. The van der Waals surface area contributed by atoms with Gasteiger partial charge in [0.25, 0.3) is 0 Å². The van der Waals surface area contributed by atoms with Crippen molar-refractivity contribution in [3.05, 3.63) is 56.8 Å². The molecule has 0 saturated heterocycles. The van der Waals surface area contributed by atoms with Crippen molar-refractivity contribution < 1.29 is 8.78 Å². The topological polar surface area (TPSA) is 0 Å². The van der Waals surface area contributed by atoms with Crippen LogP contribution in [0.25, 0.3) is 0 Å². The fourth-order valence-electron chi connectivity index (χ4n) is 1.64. The average molecular weight is 317 g/mol. The molecule has 0 saturated carbocycles. The van der Waals surface area contributed by atoms with Crippen molar-refractivity contribution in [1.82, 2.24) is 0 Å². The van der Waals surface area contributed by atoms with Crippen LogP contribution in [-0.2, 0) is 0 Å². The Balaban J connectivity index is 2.50. The van der Waals surface area contributed by atoms with Crippen LogP contribution in [0.2, 0.25) is 0 Å². The lowest BCUT2D eigenvalue weighted by molar-refractivity contribution is 0.556. The average Bonchev–Trinajstić information content (AvgIpc) is 2.71. The second kappa shape index (κ2) is 4.86. The minimum atomic E-state index is -0.513. The van der Waals surface area contributed by atoms with Crippen LogP contribution < -0.4 is 0 Å². The molecule has 1 aromatic heterocycles. The lowest BCUT2D eigenvalue weighted by Crippen LogP contribution is -2.01. The molecule has 0 amide bonds. The summed E-state index contributed by atoms with van der Waals surface area (Å²) in [5.74, 6) is -0.987. The van der Waals surface area contributed by atoms with E-state index in [0.717, 1.165) is 9.75 Å². The predicted molar refractivity (Wildman–Crippen MR) is 70.9 cm³/mol. The molecule has 0 spiro atoms. The fraction of sp³-hybridized carbons (Fsp3) is 0.231. The number of hydrogen-bond acceptors (Lipinski definition) is 1. The van der Waals surface area contributed by atoms with Crippen LogP contribution in [0.5, 0.6) is 0 Å². The number of thiophene rings is 1. The van der Waals surface area contributed by atoms with E-state index in [4.69, 9.17) is 0 Å². The van der Waals surface area contributed by atoms with Gasteiger partial charge in [0.05, 0.1) is 4.83 Å². The van der Waals surface area contributed by atoms with Crippen molar-refractivity contribution >= 4 is 27.3 Å². The van der Waals surface area contributed by atoms with Gasteiger partial charge in [0.2, 0.25) is 0 Å². The Hall–Kier alpha value is -0.740. The van der Waals surface area contributed by atoms with Gasteiger partial charge in [-0.1, -0.05) is 22.0 Å². The molecule has 17 heavy (non-hydrogen) atoms. The number of alkyl halides is 1. The molecular weight excluding hydrogens is 306 g/mol. The van der Waals surface area contributed by atoms with Crippen LogP contribution in [0, 0.1) is 25.5 Å². The van der Waals surface area contributed by atoms with Gasteiger partial charge in [-0.15, -0.1) is 11.3 Å². The Labute approximate surface area is 111 Å². The minimum absolute atomic E-state index is 0.0897. The van der Waals surface area contributed by atoms with Crippen molar-refractivity contribution in [1.29, 1.82) is 0 Å². The highest BCUT2D eigenvalue weighted by Gasteiger charge is 2.21. The van der Waals surface area contributed by atoms with Gasteiger partial charge in [0.1, 0.15) is 11.6 Å². The second-order valence-corrected chi connectivity index (χ2v) is 6.14. The third kappa shape index (κ3) is 2.43. The van der Waals surface area contributed by atoms with Crippen molar-refractivity contribution in [2.45, 2.75) is 18.7 Å². The number of halogens is 3. The lowest BCUT2D eigenvalue weighted by atomic mass is 10.1. The first-order chi connectivity index (χ1) is 8.00. The van der Waals surface area contributed by atoms with E-state index in [-0.39, 0.29) is 5.56 Å². The van der Waals surface area contributed by atoms with E-state index in [9.17, 15) is 8.78 Å². The first-order valence-corrected chi connectivity index (χ1v) is 6.89. The van der Waals surface area contributed by atoms with Gasteiger partial charge in [0, 0.05) is 15.3 Å². The van der Waals surface area contributed by atoms with Crippen LogP contribution in [0.3, 0.4) is 0 Å². The maximum atomic E-state index is 13.9. The predicted octanol–water partition coefficient (Wildman–Crippen LogP) is 5.13. The SMILES string of the molecule is Cc1ccc(C(Br)c2c(F)ccc(C)c2F)s1. The van der Waals surface area contributed by atoms with Crippen LogP contribution in [0.15, 0.2) is 24.3 Å². The van der Waals surface area contributed by atoms with Gasteiger partial charge in [-0.05, 0) is 37.6 Å². The molecule has 1 unspecified atom stereocenters. The largest absolute Gasteiger partial charge is 0.207 e. The molecule has 1 atom stereocenters. The van der Waals surface area contributed by atoms with Gasteiger partial charge in [-0.2, -0.15) is 0 Å². The fourth-order valence-corrected chi connectivity index (χ4v) is 3.36. The van der Waals surface area contributed by atoms with E-state index in [1.165, 1.54) is 23.5 Å². The highest BCUT2D eigenvalue weighted by molar-refractivity contribution is 9.09. The number of benzene rings is 1. The number of hydrogen-bond donors (Lipinski definition) is 0. The molecule has 0 fully saturated rings. The zero-order valence-electron chi connectivity index (χ0n) is 9.43. The Morgan fingerprint density at radius 2 is 1.82 bits per heavy atom. The number of aryl methyl sites for hydroxylation is 2. The summed E-state index contributed by atoms with van der Waals surface area (Å²) in [6, 6.07) is 6.59. The molecule has 0 N–H and O–H groups in total. The number of rotatable bonds is 2. The smallest absolute Gasteiger partial charge is 0.133 e. The zero-order valence-corrected chi connectivity index (χ0v) is 11.8. The van der Waals surface area contributed by atoms with Gasteiger partial charge < -0.3 is 0 Å². The van der Waals surface area contributed by atoms with E-state index < -0.39 is 16.5 Å². The molecule has 0 bridgehead atoms. The Kier molecular flexibility index (Phi) is 3.64. The summed E-state index contributed by atoms with van der Waals surface area (Å²) in [5, 5.41) is 0. The van der Waals surface area contributed by atoms with E-state index in [1.54, 1.807) is 6.92 Å². The molecule has 1 heterocycles. The molecule has 0 nitrogen and oxygen atoms in total. The molecular formula is C13H11BrF2S. The van der Waals surface area contributed by atoms with E-state index >= 15 is 0 Å². The molecule has 4 heteroatoms. The van der Waals surface area contributed by atoms with Crippen LogP contribution in [-0.4, -0.2) is 0 Å². The van der Waals surface area contributed by atoms with Gasteiger partial charge >= 0.3 is 0 Å². The summed E-state index contributed by atoms with van der Waals surface area (Å²) in [5.41, 5.74) is 0.547. The molecule has 0 radical (unpaired) electrons. The summed E-state index contributed by atoms with van der Waals surface area (Å²) >= 11 is 4.91. The highest BCUT2D eigenvalue weighted by Crippen LogP contribution is 2.38. The first kappa shape index (κ1) is 12.7. The van der Waals surface area contributed by atoms with Crippen LogP contribution in [0.4, 0.5) is 8.78 Å². The second-order valence-electron chi connectivity index (χ2n) is 3.90. The zero-order chi connectivity index (χ0) is 12.6. The first-order valence-electron chi connectivity index (χ1n) is 5.15. The van der Waals surface area contributed by atoms with Gasteiger partial charge in [0.15, 0.2) is 0 Å². The Morgan fingerprint density at radius 1 is 1.12 bits per heavy atom. The van der Waals surface area contributed by atoms with Gasteiger partial charge in [-0.25, -0.2) is 8.78 Å². The minimum Gasteiger partial charge on any atom is -0.207 e. The molecule has 2 rings (SSSR count). The van der Waals surface area contributed by atoms with Crippen molar-refractivity contribution in [2.24, 2.45) is 0 Å². The van der Waals surface area contributed by atoms with Crippen molar-refractivity contribution in [3.63, 3.8) is 0 Å². The molecule has 0 aliphatic carbocycles. The Morgan fingerprint density at radius 3 is 2.41 bits per heavy atom. The van der Waals surface area contributed by atoms with Crippen molar-refractivity contribution in [3.8, 4) is 0 Å². The molecule has 2 aromatic rings. The highest BCUT2D eigenvalue weighted by atomic mass is 79.9. The molecule has 1 aromatic carbocycles. The summed E-state index contributed by atoms with van der Waals surface area (Å²) in [6.07, 6.45) is 0. The van der Waals surface area contributed by atoms with Crippen molar-refractivity contribution in [2.75, 3.05) is 0 Å². The van der Waals surface area contributed by atoms with Crippen LogP contribution >= 0.6 is 27.3 Å². The van der Waals surface area contributed by atoms with E-state index in [0.29, 0.717) is 5.56 Å². The van der Waals surface area contributed by atoms with Gasteiger partial charge in [-0.3, -0.25) is 0 Å². The summed E-state index contributed by atoms with van der Waals surface area (Å²) in [6.45, 7) is 3.61. The summed E-state index contributed by atoms with van der Waals surface area (Å²) < 4.78 is 27.6. The summed E-state index contributed by atoms with van der Waals surface area (Å²) in [4.78, 5) is 1.60. The molecule has 0 aliphatic heterocycles. The lowest BCUT2D eigenvalue weighted by Gasteiger charge is -2.12. The standard InChI is InChI=1S/C13H11BrF2S/c1-7-3-5-9(15)11(13(7)16)12(14)10-6-4-8(2)17-10/h3-6,12H,1-2H3. The quantitative estimate of drug-likeness (QED) is 0.674. The third-order valence-electron chi connectivity index (χ3n) is 2.58. The normalized spacial score (nSPS) is 12.8. The molecule has 0 aliphatic rings. The Bertz CT molecular complexity index is 548. The van der Waals surface area contributed by atoms with Crippen LogP contribution in [0.1, 0.15) is 25.7 Å². The maximum absolute atomic E-state index is 13.9. The third-order valence-corrected chi connectivity index (χ3v) is 4.90. The van der Waals surface area contributed by atoms with E-state index in [2.05, 4.69) is 15.9 Å². The summed E-state index contributed by atoms with van der Waals surface area (Å²) in [7, 11) is 0.